The van der Waals surface area contributed by atoms with E-state index in [2.05, 4.69) is 20.5 Å². The molecule has 8 heteroatoms. The van der Waals surface area contributed by atoms with Crippen LogP contribution in [-0.4, -0.2) is 22.1 Å². The molecule has 1 aromatic heterocycles. The molecule has 0 fully saturated rings. The van der Waals surface area contributed by atoms with Crippen molar-refractivity contribution in [1.29, 1.82) is 0 Å². The Morgan fingerprint density at radius 2 is 1.96 bits per heavy atom. The predicted molar refractivity (Wildman–Crippen MR) is 96.8 cm³/mol. The van der Waals surface area contributed by atoms with Gasteiger partial charge in [-0.1, -0.05) is 23.7 Å². The maximum Gasteiger partial charge on any atom is 0.346 e. The fourth-order valence-electron chi connectivity index (χ4n) is 2.16. The number of carbonyl (C=O) groups is 1. The number of aromatic nitrogens is 2. The van der Waals surface area contributed by atoms with Gasteiger partial charge in [0.15, 0.2) is 0 Å². The topological polar surface area (TPSA) is 87.2 Å². The second kappa shape index (κ2) is 7.71. The van der Waals surface area contributed by atoms with E-state index in [4.69, 9.17) is 11.6 Å². The van der Waals surface area contributed by atoms with E-state index in [-0.39, 0.29) is 11.4 Å². The highest BCUT2D eigenvalue weighted by Crippen LogP contribution is 2.16. The molecule has 6 nitrogen and oxygen atoms in total. The van der Waals surface area contributed by atoms with Crippen LogP contribution in [0.3, 0.4) is 0 Å². The third-order valence-corrected chi connectivity index (χ3v) is 3.59. The van der Waals surface area contributed by atoms with Crippen molar-refractivity contribution in [2.24, 2.45) is 5.10 Å². The maximum absolute atomic E-state index is 13.0. The van der Waals surface area contributed by atoms with Crippen LogP contribution >= 0.6 is 11.6 Å². The summed E-state index contributed by atoms with van der Waals surface area (Å²) in [7, 11) is 0. The van der Waals surface area contributed by atoms with Gasteiger partial charge in [-0.3, -0.25) is 4.79 Å². The summed E-state index contributed by atoms with van der Waals surface area (Å²) in [4.78, 5) is 30.0. The van der Waals surface area contributed by atoms with Crippen molar-refractivity contribution in [1.82, 2.24) is 15.4 Å². The molecule has 1 heterocycles. The Morgan fingerprint density at radius 3 is 2.69 bits per heavy atom. The summed E-state index contributed by atoms with van der Waals surface area (Å²) in [5.74, 6) is -1.03. The van der Waals surface area contributed by atoms with Gasteiger partial charge in [0.05, 0.1) is 11.9 Å². The Kier molecular flexibility index (Phi) is 5.19. The van der Waals surface area contributed by atoms with E-state index in [1.807, 2.05) is 0 Å². The van der Waals surface area contributed by atoms with Crippen molar-refractivity contribution in [2.75, 3.05) is 0 Å². The first kappa shape index (κ1) is 17.5. The molecule has 0 aliphatic rings. The highest BCUT2D eigenvalue weighted by Gasteiger charge is 2.10. The minimum absolute atomic E-state index is 0.0208. The van der Waals surface area contributed by atoms with Gasteiger partial charge in [0, 0.05) is 10.6 Å². The lowest BCUT2D eigenvalue weighted by Crippen LogP contribution is -2.24. The molecule has 0 aliphatic heterocycles. The molecule has 26 heavy (non-hydrogen) atoms. The van der Waals surface area contributed by atoms with Gasteiger partial charge in [0.25, 0.3) is 5.91 Å². The number of amides is 1. The molecule has 2 N–H and O–H groups in total. The zero-order valence-corrected chi connectivity index (χ0v) is 14.0. The van der Waals surface area contributed by atoms with E-state index in [0.29, 0.717) is 16.1 Å². The van der Waals surface area contributed by atoms with Crippen LogP contribution in [-0.2, 0) is 0 Å². The molecule has 0 saturated heterocycles. The maximum atomic E-state index is 13.0. The number of aromatic amines is 1. The first-order chi connectivity index (χ1) is 12.5. The second-order valence-corrected chi connectivity index (χ2v) is 5.68. The average Bonchev–Trinajstić information content (AvgIpc) is 2.62. The van der Waals surface area contributed by atoms with Crippen LogP contribution in [0.4, 0.5) is 4.39 Å². The van der Waals surface area contributed by atoms with E-state index in [9.17, 15) is 14.0 Å². The SMILES string of the molecule is O=C(N/N=C/c1cccc(Cl)c1)c1cc(-c2ccc(F)cc2)nc(=O)[nH]1. The number of benzene rings is 2. The first-order valence-electron chi connectivity index (χ1n) is 7.47. The Morgan fingerprint density at radius 1 is 1.19 bits per heavy atom. The molecule has 3 aromatic rings. The third kappa shape index (κ3) is 4.40. The molecular formula is C18H12ClFN4O2. The molecule has 0 atom stereocenters. The van der Waals surface area contributed by atoms with Crippen molar-refractivity contribution in [3.05, 3.63) is 87.2 Å². The Hall–Kier alpha value is -3.32. The van der Waals surface area contributed by atoms with Gasteiger partial charge < -0.3 is 4.98 Å². The highest BCUT2D eigenvalue weighted by molar-refractivity contribution is 6.30. The van der Waals surface area contributed by atoms with Crippen molar-refractivity contribution < 1.29 is 9.18 Å². The number of hydrogen-bond donors (Lipinski definition) is 2. The van der Waals surface area contributed by atoms with Crippen LogP contribution in [0.1, 0.15) is 16.1 Å². The smallest absolute Gasteiger partial charge is 0.301 e. The minimum Gasteiger partial charge on any atom is -0.301 e. The monoisotopic (exact) mass is 370 g/mol. The summed E-state index contributed by atoms with van der Waals surface area (Å²) in [6.07, 6.45) is 1.42. The Labute approximate surface area is 152 Å². The number of hydrazone groups is 1. The lowest BCUT2D eigenvalue weighted by atomic mass is 10.1. The largest absolute Gasteiger partial charge is 0.346 e. The number of hydrogen-bond acceptors (Lipinski definition) is 4. The summed E-state index contributed by atoms with van der Waals surface area (Å²) < 4.78 is 13.0. The molecular weight excluding hydrogens is 359 g/mol. The van der Waals surface area contributed by atoms with E-state index < -0.39 is 17.4 Å². The zero-order valence-electron chi connectivity index (χ0n) is 13.2. The van der Waals surface area contributed by atoms with Gasteiger partial charge in [0.1, 0.15) is 11.5 Å². The van der Waals surface area contributed by atoms with Gasteiger partial charge >= 0.3 is 5.69 Å². The van der Waals surface area contributed by atoms with Gasteiger partial charge in [-0.2, -0.15) is 10.1 Å². The van der Waals surface area contributed by atoms with Gasteiger partial charge in [0.2, 0.25) is 0 Å². The zero-order chi connectivity index (χ0) is 18.5. The number of carbonyl (C=O) groups excluding carboxylic acids is 1. The first-order valence-corrected chi connectivity index (χ1v) is 7.85. The molecule has 0 spiro atoms. The van der Waals surface area contributed by atoms with Gasteiger partial charge in [-0.25, -0.2) is 14.6 Å². The molecule has 0 bridgehead atoms. The fraction of sp³-hybridized carbons (Fsp3) is 0. The number of halogens is 2. The molecule has 0 aliphatic carbocycles. The van der Waals surface area contributed by atoms with E-state index in [1.165, 1.54) is 36.5 Å². The van der Waals surface area contributed by atoms with Crippen molar-refractivity contribution in [3.63, 3.8) is 0 Å². The number of nitrogens with zero attached hydrogens (tertiary/aromatic N) is 2. The quantitative estimate of drug-likeness (QED) is 0.546. The van der Waals surface area contributed by atoms with Gasteiger partial charge in [-0.05, 0) is 48.0 Å². The molecule has 3 rings (SSSR count). The highest BCUT2D eigenvalue weighted by atomic mass is 35.5. The van der Waals surface area contributed by atoms with Crippen molar-refractivity contribution in [2.45, 2.75) is 0 Å². The molecule has 0 radical (unpaired) electrons. The number of rotatable bonds is 4. The van der Waals surface area contributed by atoms with Crippen LogP contribution in [0, 0.1) is 5.82 Å². The summed E-state index contributed by atoms with van der Waals surface area (Å²) in [5, 5.41) is 4.37. The van der Waals surface area contributed by atoms with Crippen molar-refractivity contribution >= 4 is 23.7 Å². The summed E-state index contributed by atoms with van der Waals surface area (Å²) in [6, 6.07) is 13.7. The lowest BCUT2D eigenvalue weighted by molar-refractivity contribution is 0.0949. The summed E-state index contributed by atoms with van der Waals surface area (Å²) >= 11 is 5.87. The predicted octanol–water partition coefficient (Wildman–Crippen LogP) is 2.99. The molecule has 130 valence electrons. The molecule has 0 unspecified atom stereocenters. The summed E-state index contributed by atoms with van der Waals surface area (Å²) in [5.41, 5.74) is 3.05. The fourth-order valence-corrected chi connectivity index (χ4v) is 2.36. The Balaban J connectivity index is 1.79. The van der Waals surface area contributed by atoms with Gasteiger partial charge in [-0.15, -0.1) is 0 Å². The van der Waals surface area contributed by atoms with Crippen molar-refractivity contribution in [3.8, 4) is 11.3 Å². The van der Waals surface area contributed by atoms with Crippen LogP contribution in [0.2, 0.25) is 5.02 Å². The molecule has 0 saturated carbocycles. The Bertz CT molecular complexity index is 1030. The average molecular weight is 371 g/mol. The third-order valence-electron chi connectivity index (χ3n) is 3.36. The van der Waals surface area contributed by atoms with E-state index in [0.717, 1.165) is 0 Å². The molecule has 1 amide bonds. The van der Waals surface area contributed by atoms with Crippen LogP contribution in [0.25, 0.3) is 11.3 Å². The van der Waals surface area contributed by atoms with Crippen LogP contribution in [0.5, 0.6) is 0 Å². The van der Waals surface area contributed by atoms with E-state index in [1.54, 1.807) is 24.3 Å². The van der Waals surface area contributed by atoms with E-state index >= 15 is 0 Å². The number of H-pyrrole nitrogens is 1. The van der Waals surface area contributed by atoms with Crippen LogP contribution in [0.15, 0.2) is 64.5 Å². The second-order valence-electron chi connectivity index (χ2n) is 5.25. The molecule has 2 aromatic carbocycles. The van der Waals surface area contributed by atoms with Crippen LogP contribution < -0.4 is 11.1 Å². The lowest BCUT2D eigenvalue weighted by Gasteiger charge is -2.04. The minimum atomic E-state index is -0.698. The summed E-state index contributed by atoms with van der Waals surface area (Å²) in [6.45, 7) is 0. The standard InChI is InChI=1S/C18H12ClFN4O2/c19-13-3-1-2-11(8-13)10-21-24-17(25)16-9-15(22-18(26)23-16)12-4-6-14(20)7-5-12/h1-10H,(H,24,25)(H,22,23,26)/b21-10+. The normalized spacial score (nSPS) is 10.8. The number of nitrogens with one attached hydrogen (secondary N) is 2.